The van der Waals surface area contributed by atoms with Gasteiger partial charge in [-0.2, -0.15) is 5.26 Å². The van der Waals surface area contributed by atoms with Crippen LogP contribution in [0.15, 0.2) is 48.0 Å². The predicted octanol–water partition coefficient (Wildman–Crippen LogP) is 3.65. The molecule has 32 heavy (non-hydrogen) atoms. The largest absolute Gasteiger partial charge is 0.483 e. The molecule has 9 nitrogen and oxygen atoms in total. The number of benzene rings is 2. The Morgan fingerprint density at radius 1 is 1.31 bits per heavy atom. The summed E-state index contributed by atoms with van der Waals surface area (Å²) in [7, 11) is 0. The number of nitrogens with zero attached hydrogens (tertiary/aromatic N) is 3. The normalized spacial score (nSPS) is 10.7. The number of nitro groups is 1. The second-order valence-electron chi connectivity index (χ2n) is 6.57. The van der Waals surface area contributed by atoms with Crippen molar-refractivity contribution >= 4 is 46.3 Å². The maximum absolute atomic E-state index is 12.4. The van der Waals surface area contributed by atoms with Gasteiger partial charge in [-0.05, 0) is 38.1 Å². The maximum Gasteiger partial charge on any atom is 0.271 e. The SMILES string of the molecule is CCN(CC)c1ccc(C=C(C#N)C(N)=S)c(OCC(=O)Nc2cccc([N+](=O)[O-])c2)c1. The Labute approximate surface area is 191 Å². The third kappa shape index (κ3) is 6.52. The molecule has 3 N–H and O–H groups in total. The molecule has 2 aromatic carbocycles. The molecule has 0 bridgehead atoms. The Morgan fingerprint density at radius 3 is 2.62 bits per heavy atom. The molecule has 10 heteroatoms. The molecular weight excluding hydrogens is 430 g/mol. The van der Waals surface area contributed by atoms with Crippen LogP contribution < -0.4 is 20.7 Å². The molecule has 0 fully saturated rings. The van der Waals surface area contributed by atoms with E-state index in [0.29, 0.717) is 11.3 Å². The summed E-state index contributed by atoms with van der Waals surface area (Å²) >= 11 is 4.90. The first-order valence-corrected chi connectivity index (χ1v) is 10.2. The van der Waals surface area contributed by atoms with Crippen molar-refractivity contribution in [1.29, 1.82) is 5.26 Å². The number of hydrogen-bond acceptors (Lipinski definition) is 7. The molecule has 0 saturated carbocycles. The van der Waals surface area contributed by atoms with E-state index in [9.17, 15) is 20.2 Å². The zero-order valence-corrected chi connectivity index (χ0v) is 18.5. The number of anilines is 2. The summed E-state index contributed by atoms with van der Waals surface area (Å²) in [4.78, 5) is 24.8. The van der Waals surface area contributed by atoms with Gasteiger partial charge in [0.1, 0.15) is 16.8 Å². The summed E-state index contributed by atoms with van der Waals surface area (Å²) in [6.07, 6.45) is 1.50. The monoisotopic (exact) mass is 453 g/mol. The molecule has 0 heterocycles. The fourth-order valence-electron chi connectivity index (χ4n) is 2.90. The molecule has 0 radical (unpaired) electrons. The van der Waals surface area contributed by atoms with Gasteiger partial charge in [-0.25, -0.2) is 0 Å². The second kappa shape index (κ2) is 11.4. The number of carbonyl (C=O) groups is 1. The Kier molecular flexibility index (Phi) is 8.68. The number of nitrogens with two attached hydrogens (primary N) is 1. The van der Waals surface area contributed by atoms with E-state index in [-0.39, 0.29) is 28.5 Å². The van der Waals surface area contributed by atoms with Gasteiger partial charge < -0.3 is 20.7 Å². The van der Waals surface area contributed by atoms with E-state index in [0.717, 1.165) is 18.8 Å². The van der Waals surface area contributed by atoms with Crippen LogP contribution in [-0.2, 0) is 4.79 Å². The number of nitrogens with one attached hydrogen (secondary N) is 1. The molecule has 0 spiro atoms. The number of rotatable bonds is 10. The number of carbonyl (C=O) groups excluding carboxylic acids is 1. The summed E-state index contributed by atoms with van der Waals surface area (Å²) in [6.45, 7) is 5.24. The van der Waals surface area contributed by atoms with Gasteiger partial charge in [-0.15, -0.1) is 0 Å². The molecular formula is C22H23N5O4S. The number of ether oxygens (including phenoxy) is 1. The number of nitro benzene ring substituents is 1. The van der Waals surface area contributed by atoms with Gasteiger partial charge in [0.05, 0.1) is 10.5 Å². The first kappa shape index (κ1) is 24.3. The molecule has 1 amide bonds. The summed E-state index contributed by atoms with van der Waals surface area (Å²) in [5.41, 5.74) is 7.27. The first-order chi connectivity index (χ1) is 15.3. The highest BCUT2D eigenvalue weighted by Gasteiger charge is 2.13. The average molecular weight is 454 g/mol. The number of hydrogen-bond donors (Lipinski definition) is 2. The van der Waals surface area contributed by atoms with Crippen LogP contribution in [0.5, 0.6) is 5.75 Å². The quantitative estimate of drug-likeness (QED) is 0.183. The standard InChI is InChI=1S/C22H23N5O4S/c1-3-26(4-2)18-9-8-15(10-16(13-23)22(24)32)20(12-18)31-14-21(28)25-17-6-5-7-19(11-17)27(29)30/h5-12H,3-4,14H2,1-2H3,(H2,24,32)(H,25,28). The van der Waals surface area contributed by atoms with Crippen LogP contribution in [0.2, 0.25) is 0 Å². The Morgan fingerprint density at radius 2 is 2.03 bits per heavy atom. The molecule has 2 aromatic rings. The molecule has 0 unspecified atom stereocenters. The predicted molar refractivity (Wildman–Crippen MR) is 128 cm³/mol. The van der Waals surface area contributed by atoms with Crippen LogP contribution in [-0.4, -0.2) is 35.5 Å². The van der Waals surface area contributed by atoms with Crippen molar-refractivity contribution in [2.45, 2.75) is 13.8 Å². The molecule has 0 aliphatic carbocycles. The van der Waals surface area contributed by atoms with E-state index in [1.807, 2.05) is 26.0 Å². The number of non-ortho nitro benzene ring substituents is 1. The maximum atomic E-state index is 12.4. The number of thiocarbonyl (C=S) groups is 1. The van der Waals surface area contributed by atoms with Crippen LogP contribution in [0.1, 0.15) is 19.4 Å². The molecule has 0 aliphatic heterocycles. The third-order valence-corrected chi connectivity index (χ3v) is 4.73. The van der Waals surface area contributed by atoms with E-state index in [1.165, 1.54) is 24.3 Å². The molecule has 2 rings (SSSR count). The van der Waals surface area contributed by atoms with Crippen molar-refractivity contribution in [3.8, 4) is 11.8 Å². The van der Waals surface area contributed by atoms with Gasteiger partial charge in [0.15, 0.2) is 6.61 Å². The van der Waals surface area contributed by atoms with Gasteiger partial charge >= 0.3 is 0 Å². The fraction of sp³-hybridized carbons (Fsp3) is 0.227. The average Bonchev–Trinajstić information content (AvgIpc) is 2.77. The smallest absolute Gasteiger partial charge is 0.271 e. The minimum atomic E-state index is -0.544. The van der Waals surface area contributed by atoms with E-state index in [4.69, 9.17) is 22.7 Å². The molecule has 0 atom stereocenters. The van der Waals surface area contributed by atoms with E-state index < -0.39 is 10.8 Å². The number of amides is 1. The van der Waals surface area contributed by atoms with Gasteiger partial charge in [0.2, 0.25) is 0 Å². The molecule has 166 valence electrons. The van der Waals surface area contributed by atoms with Crippen LogP contribution in [0.3, 0.4) is 0 Å². The van der Waals surface area contributed by atoms with Crippen molar-refractivity contribution < 1.29 is 14.5 Å². The van der Waals surface area contributed by atoms with Crippen molar-refractivity contribution in [2.75, 3.05) is 29.9 Å². The summed E-state index contributed by atoms with van der Waals surface area (Å²) < 4.78 is 5.74. The van der Waals surface area contributed by atoms with Crippen LogP contribution >= 0.6 is 12.2 Å². The van der Waals surface area contributed by atoms with Crippen LogP contribution in [0, 0.1) is 21.4 Å². The van der Waals surface area contributed by atoms with Crippen molar-refractivity contribution in [3.05, 3.63) is 63.7 Å². The zero-order chi connectivity index (χ0) is 23.7. The summed E-state index contributed by atoms with van der Waals surface area (Å²) in [5.74, 6) is -0.129. The fourth-order valence-corrected chi connectivity index (χ4v) is 3.01. The molecule has 0 saturated heterocycles. The van der Waals surface area contributed by atoms with Gasteiger partial charge in [-0.1, -0.05) is 18.3 Å². The zero-order valence-electron chi connectivity index (χ0n) is 17.7. The van der Waals surface area contributed by atoms with Gasteiger partial charge in [0, 0.05) is 48.2 Å². The summed E-state index contributed by atoms with van der Waals surface area (Å²) in [5, 5.41) is 22.7. The van der Waals surface area contributed by atoms with Crippen molar-refractivity contribution in [1.82, 2.24) is 0 Å². The van der Waals surface area contributed by atoms with E-state index in [2.05, 4.69) is 10.2 Å². The topological polar surface area (TPSA) is 135 Å². The van der Waals surface area contributed by atoms with E-state index >= 15 is 0 Å². The second-order valence-corrected chi connectivity index (χ2v) is 7.01. The van der Waals surface area contributed by atoms with Gasteiger partial charge in [-0.3, -0.25) is 14.9 Å². The highest BCUT2D eigenvalue weighted by Crippen LogP contribution is 2.28. The number of nitriles is 1. The highest BCUT2D eigenvalue weighted by molar-refractivity contribution is 7.80. The first-order valence-electron chi connectivity index (χ1n) is 9.76. The van der Waals surface area contributed by atoms with Crippen LogP contribution in [0.4, 0.5) is 17.1 Å². The Hall–Kier alpha value is -3.97. The Balaban J connectivity index is 2.27. The lowest BCUT2D eigenvalue weighted by atomic mass is 10.1. The lowest BCUT2D eigenvalue weighted by molar-refractivity contribution is -0.384. The minimum Gasteiger partial charge on any atom is -0.483 e. The van der Waals surface area contributed by atoms with E-state index in [1.54, 1.807) is 18.2 Å². The highest BCUT2D eigenvalue weighted by atomic mass is 32.1. The summed E-state index contributed by atoms with van der Waals surface area (Å²) in [6, 6.07) is 13.0. The molecule has 0 aromatic heterocycles. The van der Waals surface area contributed by atoms with Crippen LogP contribution in [0.25, 0.3) is 6.08 Å². The van der Waals surface area contributed by atoms with Crippen molar-refractivity contribution in [2.24, 2.45) is 5.73 Å². The Bertz CT molecular complexity index is 1090. The minimum absolute atomic E-state index is 0.0466. The third-order valence-electron chi connectivity index (χ3n) is 4.51. The molecule has 0 aliphatic rings. The lowest BCUT2D eigenvalue weighted by Crippen LogP contribution is -2.22. The van der Waals surface area contributed by atoms with Crippen molar-refractivity contribution in [3.63, 3.8) is 0 Å². The van der Waals surface area contributed by atoms with Gasteiger partial charge in [0.25, 0.3) is 11.6 Å². The lowest BCUT2D eigenvalue weighted by Gasteiger charge is -2.22.